The summed E-state index contributed by atoms with van der Waals surface area (Å²) in [5.74, 6) is 0.668. The van der Waals surface area contributed by atoms with Gasteiger partial charge in [0.05, 0.1) is 11.1 Å². The van der Waals surface area contributed by atoms with Gasteiger partial charge in [-0.25, -0.2) is 4.79 Å². The van der Waals surface area contributed by atoms with Crippen LogP contribution in [0.15, 0.2) is 112 Å². The lowest BCUT2D eigenvalue weighted by atomic mass is 9.72. The molecule has 0 spiro atoms. The van der Waals surface area contributed by atoms with E-state index in [9.17, 15) is 14.7 Å². The van der Waals surface area contributed by atoms with Gasteiger partial charge in [0.1, 0.15) is 11.5 Å². The van der Waals surface area contributed by atoms with Crippen molar-refractivity contribution in [1.82, 2.24) is 5.16 Å². The predicted octanol–water partition coefficient (Wildman–Crippen LogP) is 6.48. The highest BCUT2D eigenvalue weighted by atomic mass is 16.5. The fourth-order valence-electron chi connectivity index (χ4n) is 4.91. The Labute approximate surface area is 232 Å². The van der Waals surface area contributed by atoms with Crippen LogP contribution in [0.4, 0.5) is 5.69 Å². The smallest absolute Gasteiger partial charge is 0.366 e. The Bertz CT molecular complexity index is 1700. The summed E-state index contributed by atoms with van der Waals surface area (Å²) in [7, 11) is 0. The molecule has 0 fully saturated rings. The molecule has 1 atom stereocenters. The third-order valence-corrected chi connectivity index (χ3v) is 7.09. The van der Waals surface area contributed by atoms with Crippen molar-refractivity contribution in [2.45, 2.75) is 38.2 Å². The van der Waals surface area contributed by atoms with E-state index < -0.39 is 22.5 Å². The third kappa shape index (κ3) is 5.51. The number of aryl methyl sites for hydroxylation is 1. The first-order valence-electron chi connectivity index (χ1n) is 13.0. The maximum Gasteiger partial charge on any atom is 0.366 e. The van der Waals surface area contributed by atoms with Gasteiger partial charge in [-0.2, -0.15) is 0 Å². The van der Waals surface area contributed by atoms with Gasteiger partial charge in [-0.3, -0.25) is 4.79 Å². The van der Waals surface area contributed by atoms with Crippen LogP contribution < -0.4 is 15.7 Å². The number of carbonyl (C=O) groups excluding carboxylic acids is 1. The molecule has 7 nitrogen and oxygen atoms in total. The maximum absolute atomic E-state index is 13.9. The van der Waals surface area contributed by atoms with E-state index >= 15 is 0 Å². The minimum absolute atomic E-state index is 0.104. The number of fused-ring (bicyclic) bond motifs is 1. The lowest BCUT2D eigenvalue weighted by molar-refractivity contribution is -0.137. The van der Waals surface area contributed by atoms with Gasteiger partial charge in [0, 0.05) is 11.1 Å². The lowest BCUT2D eigenvalue weighted by Crippen LogP contribution is -2.44. The van der Waals surface area contributed by atoms with Crippen molar-refractivity contribution in [3.63, 3.8) is 0 Å². The Morgan fingerprint density at radius 1 is 0.850 bits per heavy atom. The van der Waals surface area contributed by atoms with Gasteiger partial charge in [-0.1, -0.05) is 79.7 Å². The van der Waals surface area contributed by atoms with Gasteiger partial charge >= 0.3 is 5.63 Å². The van der Waals surface area contributed by atoms with Crippen molar-refractivity contribution in [2.24, 2.45) is 0 Å². The van der Waals surface area contributed by atoms with Crippen LogP contribution in [0.5, 0.6) is 11.5 Å². The lowest BCUT2D eigenvalue weighted by Gasteiger charge is -2.36. The van der Waals surface area contributed by atoms with Crippen molar-refractivity contribution in [3.05, 3.63) is 130 Å². The van der Waals surface area contributed by atoms with Crippen molar-refractivity contribution in [3.8, 4) is 11.5 Å². The van der Waals surface area contributed by atoms with Gasteiger partial charge in [-0.15, -0.1) is 0 Å². The zero-order chi connectivity index (χ0) is 28.3. The highest BCUT2D eigenvalue weighted by Crippen LogP contribution is 2.39. The minimum Gasteiger partial charge on any atom is -0.457 e. The van der Waals surface area contributed by atoms with Crippen molar-refractivity contribution in [2.75, 3.05) is 5.32 Å². The molecule has 40 heavy (non-hydrogen) atoms. The summed E-state index contributed by atoms with van der Waals surface area (Å²) in [5.41, 5.74) is -0.665. The number of nitrogens with zero attached hydrogens (tertiary/aromatic N) is 1. The van der Waals surface area contributed by atoms with E-state index in [2.05, 4.69) is 10.5 Å². The molecule has 0 bridgehead atoms. The standard InChI is InChI=1S/C33H30N2O5/c1-22-29-20-25(16-19-28(29)30(36)40-35-22)34-31(37)33(38,21-32(2,3)23-10-6-4-7-11-23)24-14-17-27(18-15-24)39-26-12-8-5-9-13-26/h4-20,38H,21H2,1-3H3,(H,34,37). The minimum atomic E-state index is -1.90. The molecular formula is C33H30N2O5. The van der Waals surface area contributed by atoms with Crippen molar-refractivity contribution >= 4 is 22.4 Å². The number of nitrogens with one attached hydrogen (secondary N) is 1. The zero-order valence-electron chi connectivity index (χ0n) is 22.5. The SMILES string of the molecule is Cc1noc(=O)c2ccc(NC(=O)C(O)(CC(C)(C)c3ccccc3)c3ccc(Oc4ccccc4)cc3)cc12. The number of rotatable bonds is 8. The molecule has 0 saturated carbocycles. The number of ether oxygens (including phenoxy) is 1. The molecule has 7 heteroatoms. The first kappa shape index (κ1) is 26.8. The molecule has 5 aromatic rings. The van der Waals surface area contributed by atoms with E-state index in [-0.39, 0.29) is 6.42 Å². The Morgan fingerprint density at radius 3 is 2.15 bits per heavy atom. The van der Waals surface area contributed by atoms with E-state index in [4.69, 9.17) is 9.26 Å². The van der Waals surface area contributed by atoms with Gasteiger partial charge < -0.3 is 19.7 Å². The van der Waals surface area contributed by atoms with E-state index in [1.807, 2.05) is 74.5 Å². The number of aromatic nitrogens is 1. The van der Waals surface area contributed by atoms with Crippen LogP contribution in [0.1, 0.15) is 37.1 Å². The van der Waals surface area contributed by atoms with E-state index in [1.54, 1.807) is 49.4 Å². The number of hydrogen-bond donors (Lipinski definition) is 2. The molecule has 1 heterocycles. The first-order valence-corrected chi connectivity index (χ1v) is 13.0. The third-order valence-electron chi connectivity index (χ3n) is 7.09. The van der Waals surface area contributed by atoms with Crippen LogP contribution in [-0.2, 0) is 15.8 Å². The largest absolute Gasteiger partial charge is 0.457 e. The zero-order valence-corrected chi connectivity index (χ0v) is 22.5. The molecule has 1 unspecified atom stereocenters. The molecule has 1 aromatic heterocycles. The molecule has 0 radical (unpaired) electrons. The highest BCUT2D eigenvalue weighted by Gasteiger charge is 2.43. The quantitative estimate of drug-likeness (QED) is 0.236. The van der Waals surface area contributed by atoms with E-state index in [0.717, 1.165) is 5.56 Å². The molecule has 1 amide bonds. The van der Waals surface area contributed by atoms with Crippen molar-refractivity contribution in [1.29, 1.82) is 0 Å². The Hall–Kier alpha value is -4.75. The Kier molecular flexibility index (Phi) is 7.24. The van der Waals surface area contributed by atoms with Gasteiger partial charge in [0.2, 0.25) is 0 Å². The number of benzene rings is 4. The number of amides is 1. The second kappa shape index (κ2) is 10.8. The van der Waals surface area contributed by atoms with Gasteiger partial charge in [0.15, 0.2) is 5.60 Å². The molecule has 202 valence electrons. The fraction of sp³-hybridized carbons (Fsp3) is 0.182. The average Bonchev–Trinajstić information content (AvgIpc) is 2.96. The predicted molar refractivity (Wildman–Crippen MR) is 155 cm³/mol. The molecular weight excluding hydrogens is 504 g/mol. The summed E-state index contributed by atoms with van der Waals surface area (Å²) in [4.78, 5) is 26.0. The summed E-state index contributed by atoms with van der Waals surface area (Å²) < 4.78 is 10.7. The maximum atomic E-state index is 13.9. The van der Waals surface area contributed by atoms with Gasteiger partial charge in [0.25, 0.3) is 5.91 Å². The summed E-state index contributed by atoms with van der Waals surface area (Å²) in [6, 6.07) is 30.9. The molecule has 0 aliphatic carbocycles. The molecule has 4 aromatic carbocycles. The Morgan fingerprint density at radius 2 is 1.48 bits per heavy atom. The molecule has 0 saturated heterocycles. The molecule has 0 aliphatic heterocycles. The second-order valence-corrected chi connectivity index (χ2v) is 10.5. The van der Waals surface area contributed by atoms with E-state index in [1.165, 1.54) is 0 Å². The normalized spacial score (nSPS) is 13.0. The summed E-state index contributed by atoms with van der Waals surface area (Å²) in [6.45, 7) is 5.71. The molecule has 0 aliphatic rings. The Balaban J connectivity index is 1.50. The van der Waals surface area contributed by atoms with Crippen LogP contribution >= 0.6 is 0 Å². The highest BCUT2D eigenvalue weighted by molar-refractivity contribution is 5.99. The summed E-state index contributed by atoms with van der Waals surface area (Å²) >= 11 is 0. The number of para-hydroxylation sites is 1. The van der Waals surface area contributed by atoms with Gasteiger partial charge in [-0.05, 0) is 72.4 Å². The topological polar surface area (TPSA) is 102 Å². The van der Waals surface area contributed by atoms with Crippen LogP contribution in [0, 0.1) is 6.92 Å². The summed E-state index contributed by atoms with van der Waals surface area (Å²) in [5, 5.41) is 19.7. The van der Waals surface area contributed by atoms with Crippen molar-refractivity contribution < 1.29 is 19.2 Å². The van der Waals surface area contributed by atoms with Crippen LogP contribution in [0.2, 0.25) is 0 Å². The second-order valence-electron chi connectivity index (χ2n) is 10.5. The molecule has 2 N–H and O–H groups in total. The fourth-order valence-corrected chi connectivity index (χ4v) is 4.91. The van der Waals surface area contributed by atoms with Crippen LogP contribution in [0.25, 0.3) is 10.8 Å². The van der Waals surface area contributed by atoms with E-state index in [0.29, 0.717) is 39.2 Å². The van der Waals surface area contributed by atoms with Crippen LogP contribution in [0.3, 0.4) is 0 Å². The average molecular weight is 535 g/mol. The number of anilines is 1. The number of aliphatic hydroxyl groups is 1. The monoisotopic (exact) mass is 534 g/mol. The first-order chi connectivity index (χ1) is 19.2. The number of carbonyl (C=O) groups is 1. The van der Waals surface area contributed by atoms with Crippen LogP contribution in [-0.4, -0.2) is 16.2 Å². The summed E-state index contributed by atoms with van der Waals surface area (Å²) in [6.07, 6.45) is 0.104. The number of hydrogen-bond acceptors (Lipinski definition) is 6. The molecule has 5 rings (SSSR count).